The fourth-order valence-corrected chi connectivity index (χ4v) is 3.58. The predicted molar refractivity (Wildman–Crippen MR) is 103 cm³/mol. The van der Waals surface area contributed by atoms with Crippen molar-refractivity contribution >= 4 is 0 Å². The van der Waals surface area contributed by atoms with Crippen LogP contribution < -0.4 is 0 Å². The van der Waals surface area contributed by atoms with E-state index in [0.29, 0.717) is 25.2 Å². The van der Waals surface area contributed by atoms with Crippen molar-refractivity contribution in [2.75, 3.05) is 13.2 Å². The maximum atomic E-state index is 13.6. The molecule has 0 saturated carbocycles. The monoisotopic (exact) mass is 370 g/mol. The summed E-state index contributed by atoms with van der Waals surface area (Å²) in [5.74, 6) is -1.76. The Hall–Kier alpha value is -1.00. The molecule has 0 aliphatic rings. The van der Waals surface area contributed by atoms with Gasteiger partial charge in [0.05, 0.1) is 0 Å². The number of hydrogen-bond acceptors (Lipinski definition) is 2. The summed E-state index contributed by atoms with van der Waals surface area (Å²) in [6, 6.07) is 3.74. The van der Waals surface area contributed by atoms with Crippen LogP contribution in [0, 0.1) is 17.6 Å². The van der Waals surface area contributed by atoms with Crippen LogP contribution in [0.5, 0.6) is 0 Å². The van der Waals surface area contributed by atoms with Gasteiger partial charge in [0.1, 0.15) is 11.6 Å². The van der Waals surface area contributed by atoms with Gasteiger partial charge < -0.3 is 9.47 Å². The molecule has 1 aromatic carbocycles. The largest absolute Gasteiger partial charge is 0.350 e. The van der Waals surface area contributed by atoms with E-state index in [1.165, 1.54) is 44.2 Å². The summed E-state index contributed by atoms with van der Waals surface area (Å²) in [7, 11) is 0. The molecule has 0 saturated heterocycles. The van der Waals surface area contributed by atoms with E-state index in [2.05, 4.69) is 6.92 Å². The van der Waals surface area contributed by atoms with Crippen LogP contribution in [0.15, 0.2) is 18.2 Å². The van der Waals surface area contributed by atoms with Gasteiger partial charge in [0.2, 0.25) is 0 Å². The van der Waals surface area contributed by atoms with Crippen LogP contribution in [0.25, 0.3) is 0 Å². The van der Waals surface area contributed by atoms with Crippen molar-refractivity contribution in [1.29, 1.82) is 0 Å². The molecular weight excluding hydrogens is 334 g/mol. The molecule has 0 bridgehead atoms. The highest BCUT2D eigenvalue weighted by Crippen LogP contribution is 2.32. The highest BCUT2D eigenvalue weighted by atomic mass is 19.1. The van der Waals surface area contributed by atoms with Gasteiger partial charge in [-0.2, -0.15) is 0 Å². The molecule has 2 nitrogen and oxygen atoms in total. The molecule has 0 spiro atoms. The number of benzene rings is 1. The summed E-state index contributed by atoms with van der Waals surface area (Å²) in [6.45, 7) is 9.14. The number of ether oxygens (including phenoxy) is 2. The molecule has 0 radical (unpaired) electrons. The average Bonchev–Trinajstić information content (AvgIpc) is 2.56. The van der Waals surface area contributed by atoms with Gasteiger partial charge in [-0.1, -0.05) is 45.4 Å². The highest BCUT2D eigenvalue weighted by molar-refractivity contribution is 5.18. The Labute approximate surface area is 158 Å². The molecule has 0 aromatic heterocycles. The first kappa shape index (κ1) is 23.0. The third-order valence-electron chi connectivity index (χ3n) is 4.91. The van der Waals surface area contributed by atoms with E-state index < -0.39 is 17.4 Å². The molecule has 0 heterocycles. The molecule has 150 valence electrons. The minimum atomic E-state index is -0.740. The highest BCUT2D eigenvalue weighted by Gasteiger charge is 2.35. The van der Waals surface area contributed by atoms with Gasteiger partial charge in [-0.05, 0) is 51.3 Å². The van der Waals surface area contributed by atoms with Crippen molar-refractivity contribution in [3.63, 3.8) is 0 Å². The van der Waals surface area contributed by atoms with Gasteiger partial charge in [-0.25, -0.2) is 8.78 Å². The molecule has 0 N–H and O–H groups in total. The minimum Gasteiger partial charge on any atom is -0.350 e. The van der Waals surface area contributed by atoms with Crippen LogP contribution in [0.4, 0.5) is 8.78 Å². The molecule has 1 unspecified atom stereocenters. The van der Waals surface area contributed by atoms with E-state index >= 15 is 0 Å². The Morgan fingerprint density at radius 3 is 1.92 bits per heavy atom. The number of unbranched alkanes of at least 4 members (excludes halogenated alkanes) is 5. The maximum Gasteiger partial charge on any atom is 0.168 e. The van der Waals surface area contributed by atoms with Gasteiger partial charge in [0, 0.05) is 25.2 Å². The van der Waals surface area contributed by atoms with E-state index in [1.54, 1.807) is 0 Å². The second-order valence-electron chi connectivity index (χ2n) is 7.12. The van der Waals surface area contributed by atoms with Crippen molar-refractivity contribution in [3.05, 3.63) is 35.4 Å². The Morgan fingerprint density at radius 1 is 0.846 bits per heavy atom. The van der Waals surface area contributed by atoms with E-state index in [4.69, 9.17) is 9.47 Å². The van der Waals surface area contributed by atoms with Crippen molar-refractivity contribution in [1.82, 2.24) is 0 Å². The lowest BCUT2D eigenvalue weighted by atomic mass is 9.86. The number of rotatable bonds is 14. The summed E-state index contributed by atoms with van der Waals surface area (Å²) in [5, 5.41) is 0. The van der Waals surface area contributed by atoms with Crippen molar-refractivity contribution in [2.24, 2.45) is 5.92 Å². The van der Waals surface area contributed by atoms with Gasteiger partial charge >= 0.3 is 0 Å². The van der Waals surface area contributed by atoms with Gasteiger partial charge in [-0.3, -0.25) is 0 Å². The topological polar surface area (TPSA) is 18.5 Å². The molecule has 0 amide bonds. The second kappa shape index (κ2) is 12.4. The summed E-state index contributed by atoms with van der Waals surface area (Å²) in [5.41, 5.74) is 0.657. The quantitative estimate of drug-likeness (QED) is 0.269. The standard InChI is InChI=1S/C22H36F2O2/c1-5-8-9-10-11-12-13-19(22(4,25-6-2)26-7-3)14-18-15-20(23)17-21(24)16-18/h15-17,19H,5-14H2,1-4H3. The molecule has 1 rings (SSSR count). The third kappa shape index (κ3) is 8.13. The lowest BCUT2D eigenvalue weighted by Crippen LogP contribution is -2.42. The Kier molecular flexibility index (Phi) is 11.0. The van der Waals surface area contributed by atoms with Crippen molar-refractivity contribution < 1.29 is 18.3 Å². The fourth-order valence-electron chi connectivity index (χ4n) is 3.58. The summed E-state index contributed by atoms with van der Waals surface area (Å²) >= 11 is 0. The van der Waals surface area contributed by atoms with Crippen molar-refractivity contribution in [3.8, 4) is 0 Å². The second-order valence-corrected chi connectivity index (χ2v) is 7.12. The molecule has 26 heavy (non-hydrogen) atoms. The van der Waals surface area contributed by atoms with E-state index in [-0.39, 0.29) is 5.92 Å². The van der Waals surface area contributed by atoms with Gasteiger partial charge in [0.15, 0.2) is 5.79 Å². The third-order valence-corrected chi connectivity index (χ3v) is 4.91. The fraction of sp³-hybridized carbons (Fsp3) is 0.727. The molecule has 1 aromatic rings. The Balaban J connectivity index is 2.82. The zero-order chi connectivity index (χ0) is 19.4. The summed E-state index contributed by atoms with van der Waals surface area (Å²) in [6.07, 6.45) is 8.72. The van der Waals surface area contributed by atoms with Crippen LogP contribution in [0.2, 0.25) is 0 Å². The van der Waals surface area contributed by atoms with Crippen molar-refractivity contribution in [2.45, 2.75) is 84.8 Å². The van der Waals surface area contributed by atoms with Gasteiger partial charge in [-0.15, -0.1) is 0 Å². The predicted octanol–water partition coefficient (Wildman–Crippen LogP) is 6.66. The van der Waals surface area contributed by atoms with Crippen LogP contribution in [-0.4, -0.2) is 19.0 Å². The lowest BCUT2D eigenvalue weighted by molar-refractivity contribution is -0.253. The van der Waals surface area contributed by atoms with E-state index in [0.717, 1.165) is 18.9 Å². The van der Waals surface area contributed by atoms with Crippen LogP contribution >= 0.6 is 0 Å². The maximum absolute atomic E-state index is 13.6. The first-order chi connectivity index (χ1) is 12.4. The van der Waals surface area contributed by atoms with Crippen LogP contribution in [0.1, 0.15) is 78.2 Å². The Bertz CT molecular complexity index is 479. The normalized spacial score (nSPS) is 13.2. The SMILES string of the molecule is CCCCCCCCC(Cc1cc(F)cc(F)c1)C(C)(OCC)OCC. The molecule has 0 aliphatic carbocycles. The average molecular weight is 371 g/mol. The van der Waals surface area contributed by atoms with Crippen LogP contribution in [0.3, 0.4) is 0 Å². The van der Waals surface area contributed by atoms with E-state index in [1.807, 2.05) is 20.8 Å². The summed E-state index contributed by atoms with van der Waals surface area (Å²) in [4.78, 5) is 0. The number of hydrogen-bond donors (Lipinski definition) is 0. The number of halogens is 2. The molecule has 0 aliphatic heterocycles. The molecule has 4 heteroatoms. The van der Waals surface area contributed by atoms with Gasteiger partial charge in [0.25, 0.3) is 0 Å². The Morgan fingerprint density at radius 2 is 1.38 bits per heavy atom. The molecular formula is C22H36F2O2. The lowest BCUT2D eigenvalue weighted by Gasteiger charge is -2.37. The first-order valence-electron chi connectivity index (χ1n) is 10.2. The molecule has 1 atom stereocenters. The van der Waals surface area contributed by atoms with Crippen LogP contribution in [-0.2, 0) is 15.9 Å². The zero-order valence-electron chi connectivity index (χ0n) is 17.0. The van der Waals surface area contributed by atoms with E-state index in [9.17, 15) is 8.78 Å². The molecule has 0 fully saturated rings. The zero-order valence-corrected chi connectivity index (χ0v) is 17.0. The smallest absolute Gasteiger partial charge is 0.168 e. The minimum absolute atomic E-state index is 0.0507. The summed E-state index contributed by atoms with van der Waals surface area (Å²) < 4.78 is 39.1. The first-order valence-corrected chi connectivity index (χ1v) is 10.2.